The highest BCUT2D eigenvalue weighted by Crippen LogP contribution is 2.07. The van der Waals surface area contributed by atoms with E-state index in [0.29, 0.717) is 0 Å². The summed E-state index contributed by atoms with van der Waals surface area (Å²) in [6.45, 7) is 11.7. The fraction of sp³-hybridized carbons (Fsp3) is 0.857. The lowest BCUT2D eigenvalue weighted by atomic mass is 10.8. The van der Waals surface area contributed by atoms with Crippen LogP contribution in [0.3, 0.4) is 0 Å². The normalized spacial score (nSPS) is 12.0. The third-order valence-electron chi connectivity index (χ3n) is 1.14. The molecule has 0 rings (SSSR count). The Hall–Kier alpha value is 0.177. The highest BCUT2D eigenvalue weighted by Gasteiger charge is 2.11. The topological polar surface area (TPSA) is 9.23 Å². The molecule has 0 heterocycles. The van der Waals surface area contributed by atoms with Crippen LogP contribution in [-0.2, 0) is 4.74 Å². The maximum Gasteiger partial charge on any atom is 0.0805 e. The molecule has 0 saturated carbocycles. The molecule has 0 aromatic heterocycles. The number of hydrogen-bond acceptors (Lipinski definition) is 1. The first-order chi connectivity index (χ1) is 4.06. The standard InChI is InChI=1S/C7H17OSi/c1-5-8-6-7-9(2,3)4/h5H,6-7H2,1-4H3. The van der Waals surface area contributed by atoms with E-state index in [4.69, 9.17) is 4.74 Å². The Bertz CT molecular complexity index is 65.8. The van der Waals surface area contributed by atoms with Crippen molar-refractivity contribution in [2.75, 3.05) is 6.61 Å². The molecule has 9 heavy (non-hydrogen) atoms. The zero-order valence-electron chi connectivity index (χ0n) is 6.90. The van der Waals surface area contributed by atoms with Gasteiger partial charge >= 0.3 is 0 Å². The summed E-state index contributed by atoms with van der Waals surface area (Å²) >= 11 is 0. The van der Waals surface area contributed by atoms with Gasteiger partial charge in [0.1, 0.15) is 0 Å². The molecule has 1 radical (unpaired) electrons. The summed E-state index contributed by atoms with van der Waals surface area (Å²) in [4.78, 5) is 0. The van der Waals surface area contributed by atoms with Gasteiger partial charge in [-0.15, -0.1) is 0 Å². The van der Waals surface area contributed by atoms with Crippen molar-refractivity contribution >= 4 is 8.07 Å². The van der Waals surface area contributed by atoms with Crippen molar-refractivity contribution in [2.24, 2.45) is 0 Å². The zero-order valence-corrected chi connectivity index (χ0v) is 7.90. The van der Waals surface area contributed by atoms with E-state index < -0.39 is 8.07 Å². The van der Waals surface area contributed by atoms with E-state index in [-0.39, 0.29) is 0 Å². The lowest BCUT2D eigenvalue weighted by molar-refractivity contribution is 0.220. The van der Waals surface area contributed by atoms with E-state index in [1.165, 1.54) is 6.04 Å². The van der Waals surface area contributed by atoms with Crippen molar-refractivity contribution in [3.8, 4) is 0 Å². The Morgan fingerprint density at radius 2 is 1.89 bits per heavy atom. The molecule has 2 heteroatoms. The van der Waals surface area contributed by atoms with E-state index in [0.717, 1.165) is 6.61 Å². The summed E-state index contributed by atoms with van der Waals surface area (Å²) in [5, 5.41) is 0. The van der Waals surface area contributed by atoms with Crippen molar-refractivity contribution < 1.29 is 4.74 Å². The lowest BCUT2D eigenvalue weighted by Gasteiger charge is -2.14. The molecule has 1 nitrogen and oxygen atoms in total. The lowest BCUT2D eigenvalue weighted by Crippen LogP contribution is -2.21. The Balaban J connectivity index is 3.07. The molecular formula is C7H17OSi. The summed E-state index contributed by atoms with van der Waals surface area (Å²) in [7, 11) is -0.839. The second-order valence-corrected chi connectivity index (χ2v) is 9.04. The van der Waals surface area contributed by atoms with Gasteiger partial charge in [-0.1, -0.05) is 19.6 Å². The van der Waals surface area contributed by atoms with Crippen molar-refractivity contribution in [1.29, 1.82) is 0 Å². The predicted octanol–water partition coefficient (Wildman–Crippen LogP) is 2.52. The van der Waals surface area contributed by atoms with Crippen LogP contribution in [0.25, 0.3) is 0 Å². The third kappa shape index (κ3) is 8.18. The Labute approximate surface area is 59.4 Å². The summed E-state index contributed by atoms with van der Waals surface area (Å²) in [6, 6.07) is 1.26. The second-order valence-electron chi connectivity index (χ2n) is 3.42. The third-order valence-corrected chi connectivity index (χ3v) is 2.84. The average Bonchev–Trinajstić information content (AvgIpc) is 1.63. The van der Waals surface area contributed by atoms with Gasteiger partial charge in [0, 0.05) is 14.7 Å². The van der Waals surface area contributed by atoms with Gasteiger partial charge in [-0.3, -0.25) is 0 Å². The largest absolute Gasteiger partial charge is 0.376 e. The molecule has 0 aromatic rings. The van der Waals surface area contributed by atoms with E-state index >= 15 is 0 Å². The summed E-state index contributed by atoms with van der Waals surface area (Å²) in [6.07, 6.45) is 0. The number of ether oxygens (including phenoxy) is 1. The molecule has 0 atom stereocenters. The zero-order chi connectivity index (χ0) is 7.33. The van der Waals surface area contributed by atoms with Crippen molar-refractivity contribution in [2.45, 2.75) is 32.6 Å². The minimum Gasteiger partial charge on any atom is -0.376 e. The maximum atomic E-state index is 5.12. The molecule has 0 unspecified atom stereocenters. The molecule has 0 aliphatic heterocycles. The van der Waals surface area contributed by atoms with Crippen molar-refractivity contribution in [1.82, 2.24) is 0 Å². The molecule has 0 aliphatic carbocycles. The van der Waals surface area contributed by atoms with Crippen molar-refractivity contribution in [3.05, 3.63) is 6.61 Å². The van der Waals surface area contributed by atoms with Gasteiger partial charge in [0.15, 0.2) is 0 Å². The Morgan fingerprint density at radius 3 is 2.22 bits per heavy atom. The summed E-state index contributed by atoms with van der Waals surface area (Å²) in [5.41, 5.74) is 0. The van der Waals surface area contributed by atoms with Crippen LogP contribution >= 0.6 is 0 Å². The number of hydrogen-bond donors (Lipinski definition) is 0. The predicted molar refractivity (Wildman–Crippen MR) is 44.1 cm³/mol. The summed E-state index contributed by atoms with van der Waals surface area (Å²) < 4.78 is 5.12. The van der Waals surface area contributed by atoms with Crippen LogP contribution < -0.4 is 0 Å². The van der Waals surface area contributed by atoms with Crippen molar-refractivity contribution in [3.63, 3.8) is 0 Å². The molecule has 0 bridgehead atoms. The fourth-order valence-electron chi connectivity index (χ4n) is 0.483. The molecule has 0 saturated heterocycles. The molecule has 0 aliphatic rings. The van der Waals surface area contributed by atoms with E-state index in [1.54, 1.807) is 6.61 Å². The molecule has 0 spiro atoms. The van der Waals surface area contributed by atoms with Gasteiger partial charge in [-0.05, 0) is 13.0 Å². The van der Waals surface area contributed by atoms with Gasteiger partial charge in [0.25, 0.3) is 0 Å². The van der Waals surface area contributed by atoms with E-state index in [9.17, 15) is 0 Å². The van der Waals surface area contributed by atoms with Gasteiger partial charge in [0.2, 0.25) is 0 Å². The first-order valence-corrected chi connectivity index (χ1v) is 7.16. The van der Waals surface area contributed by atoms with Crippen LogP contribution in [0.2, 0.25) is 25.7 Å². The Morgan fingerprint density at radius 1 is 1.33 bits per heavy atom. The molecule has 55 valence electrons. The smallest absolute Gasteiger partial charge is 0.0805 e. The van der Waals surface area contributed by atoms with Crippen LogP contribution in [-0.4, -0.2) is 14.7 Å². The summed E-state index contributed by atoms with van der Waals surface area (Å²) in [5.74, 6) is 0. The molecular weight excluding hydrogens is 128 g/mol. The van der Waals surface area contributed by atoms with Crippen LogP contribution in [0.15, 0.2) is 0 Å². The number of rotatable bonds is 4. The second kappa shape index (κ2) is 4.07. The first-order valence-electron chi connectivity index (χ1n) is 3.46. The van der Waals surface area contributed by atoms with Crippen LogP contribution in [0.5, 0.6) is 0 Å². The molecule has 0 N–H and O–H groups in total. The molecule has 0 fully saturated rings. The SMILES string of the molecule is C[CH]OCC[Si](C)(C)C. The average molecular weight is 145 g/mol. The minimum absolute atomic E-state index is 0.839. The van der Waals surface area contributed by atoms with Crippen LogP contribution in [0.4, 0.5) is 0 Å². The highest BCUT2D eigenvalue weighted by molar-refractivity contribution is 6.76. The quantitative estimate of drug-likeness (QED) is 0.436. The fourth-order valence-corrected chi connectivity index (χ4v) is 1.21. The first kappa shape index (κ1) is 9.18. The van der Waals surface area contributed by atoms with Crippen LogP contribution in [0, 0.1) is 6.61 Å². The maximum absolute atomic E-state index is 5.12. The van der Waals surface area contributed by atoms with Gasteiger partial charge < -0.3 is 4.74 Å². The van der Waals surface area contributed by atoms with E-state index in [2.05, 4.69) is 19.6 Å². The minimum atomic E-state index is -0.839. The van der Waals surface area contributed by atoms with Crippen LogP contribution in [0.1, 0.15) is 6.92 Å². The highest BCUT2D eigenvalue weighted by atomic mass is 28.3. The van der Waals surface area contributed by atoms with Gasteiger partial charge in [0.05, 0.1) is 6.61 Å². The molecule has 0 aromatic carbocycles. The van der Waals surface area contributed by atoms with Gasteiger partial charge in [-0.2, -0.15) is 0 Å². The monoisotopic (exact) mass is 145 g/mol. The van der Waals surface area contributed by atoms with E-state index in [1.807, 2.05) is 6.92 Å². The van der Waals surface area contributed by atoms with Gasteiger partial charge in [-0.25, -0.2) is 0 Å². The molecule has 0 amide bonds. The Kier molecular flexibility index (Phi) is 4.15.